The van der Waals surface area contributed by atoms with E-state index in [0.717, 1.165) is 0 Å². The average molecular weight is 180 g/mol. The normalized spacial score (nSPS) is 45.8. The van der Waals surface area contributed by atoms with Crippen LogP contribution in [0.25, 0.3) is 0 Å². The molecule has 0 amide bonds. The molecule has 0 aromatic rings. The number of methoxy groups -OCH3 is 1. The van der Waals surface area contributed by atoms with Crippen LogP contribution in [0.2, 0.25) is 0 Å². The first-order chi connectivity index (χ1) is 5.16. The van der Waals surface area contributed by atoms with Crippen LogP contribution in [0.5, 0.6) is 0 Å². The zero-order chi connectivity index (χ0) is 8.43. The van der Waals surface area contributed by atoms with Crippen molar-refractivity contribution in [1.82, 2.24) is 0 Å². The molecule has 1 aliphatic heterocycles. The third-order valence-electron chi connectivity index (χ3n) is 1.69. The van der Waals surface area contributed by atoms with Crippen molar-refractivity contribution in [2.45, 2.75) is 23.7 Å². The van der Waals surface area contributed by atoms with Crippen molar-refractivity contribution in [2.24, 2.45) is 0 Å². The molecule has 0 aliphatic carbocycles. The van der Waals surface area contributed by atoms with Gasteiger partial charge >= 0.3 is 0 Å². The summed E-state index contributed by atoms with van der Waals surface area (Å²) in [5, 5.41) is 27.5. The summed E-state index contributed by atoms with van der Waals surface area (Å²) in [6.45, 7) is 0. The Labute approximate surface area is 69.2 Å². The molecule has 11 heavy (non-hydrogen) atoms. The summed E-state index contributed by atoms with van der Waals surface area (Å²) in [5.74, 6) is 0.400. The van der Waals surface area contributed by atoms with Gasteiger partial charge in [-0.25, -0.2) is 0 Å². The van der Waals surface area contributed by atoms with E-state index in [2.05, 4.69) is 0 Å². The fourth-order valence-electron chi connectivity index (χ4n) is 0.987. The predicted octanol–water partition coefficient (Wildman–Crippen LogP) is -1.21. The molecule has 66 valence electrons. The molecule has 1 rings (SSSR count). The van der Waals surface area contributed by atoms with Crippen molar-refractivity contribution >= 4 is 11.8 Å². The largest absolute Gasteiger partial charge is 0.389 e. The van der Waals surface area contributed by atoms with E-state index in [9.17, 15) is 5.11 Å². The maximum atomic E-state index is 9.25. The lowest BCUT2D eigenvalue weighted by Gasteiger charge is -2.33. The lowest BCUT2D eigenvalue weighted by molar-refractivity contribution is -0.0911. The van der Waals surface area contributed by atoms with E-state index >= 15 is 0 Å². The quantitative estimate of drug-likeness (QED) is 0.472. The van der Waals surface area contributed by atoms with E-state index in [1.807, 2.05) is 0 Å². The van der Waals surface area contributed by atoms with E-state index in [-0.39, 0.29) is 0 Å². The summed E-state index contributed by atoms with van der Waals surface area (Å²) in [4.78, 5) is 0. The third-order valence-corrected chi connectivity index (χ3v) is 3.02. The Morgan fingerprint density at radius 2 is 1.91 bits per heavy atom. The molecule has 4 nitrogen and oxygen atoms in total. The lowest BCUT2D eigenvalue weighted by atomic mass is 10.1. The molecule has 0 aromatic carbocycles. The molecule has 0 radical (unpaired) electrons. The van der Waals surface area contributed by atoms with E-state index < -0.39 is 23.7 Å². The minimum absolute atomic E-state index is 0.400. The Kier molecular flexibility index (Phi) is 3.15. The smallest absolute Gasteiger partial charge is 0.131 e. The van der Waals surface area contributed by atoms with Crippen LogP contribution >= 0.6 is 11.8 Å². The summed E-state index contributed by atoms with van der Waals surface area (Å²) in [6.07, 6.45) is -2.92. The van der Waals surface area contributed by atoms with Crippen molar-refractivity contribution in [3.63, 3.8) is 0 Å². The fourth-order valence-corrected chi connectivity index (χ4v) is 2.06. The maximum absolute atomic E-state index is 9.25. The number of hydrogen-bond acceptors (Lipinski definition) is 5. The lowest BCUT2D eigenvalue weighted by Crippen LogP contribution is -2.49. The molecule has 0 aromatic heterocycles. The van der Waals surface area contributed by atoms with E-state index in [1.165, 1.54) is 18.9 Å². The third kappa shape index (κ3) is 1.86. The summed E-state index contributed by atoms with van der Waals surface area (Å²) in [7, 11) is 1.46. The van der Waals surface area contributed by atoms with Gasteiger partial charge in [-0.15, -0.1) is 11.8 Å². The second kappa shape index (κ2) is 3.73. The van der Waals surface area contributed by atoms with Crippen molar-refractivity contribution in [3.05, 3.63) is 0 Å². The van der Waals surface area contributed by atoms with Crippen LogP contribution in [0.3, 0.4) is 0 Å². The summed E-state index contributed by atoms with van der Waals surface area (Å²) >= 11 is 1.30. The number of thioether (sulfide) groups is 1. The van der Waals surface area contributed by atoms with Gasteiger partial charge in [-0.05, 0) is 0 Å². The molecule has 0 bridgehead atoms. The summed E-state index contributed by atoms with van der Waals surface area (Å²) in [6, 6.07) is 0. The molecule has 5 heteroatoms. The Balaban J connectivity index is 2.52. The second-order valence-corrected chi connectivity index (χ2v) is 3.62. The fraction of sp³-hybridized carbons (Fsp3) is 1.00. The number of aliphatic hydroxyl groups excluding tert-OH is 3. The maximum Gasteiger partial charge on any atom is 0.131 e. The van der Waals surface area contributed by atoms with Crippen molar-refractivity contribution in [2.75, 3.05) is 12.9 Å². The number of hydrogen-bond donors (Lipinski definition) is 3. The molecule has 0 spiro atoms. The molecule has 4 atom stereocenters. The van der Waals surface area contributed by atoms with Crippen molar-refractivity contribution < 1.29 is 20.1 Å². The van der Waals surface area contributed by atoms with Gasteiger partial charge in [0.05, 0.1) is 6.10 Å². The van der Waals surface area contributed by atoms with E-state index in [1.54, 1.807) is 0 Å². The van der Waals surface area contributed by atoms with Gasteiger partial charge in [0.15, 0.2) is 0 Å². The van der Waals surface area contributed by atoms with Crippen molar-refractivity contribution in [1.29, 1.82) is 0 Å². The number of rotatable bonds is 1. The molecular weight excluding hydrogens is 168 g/mol. The predicted molar refractivity (Wildman–Crippen MR) is 41.3 cm³/mol. The average Bonchev–Trinajstić information content (AvgIpc) is 2.01. The minimum atomic E-state index is -1.08. The Hall–Kier alpha value is 0.190. The Morgan fingerprint density at radius 3 is 2.45 bits per heavy atom. The summed E-state index contributed by atoms with van der Waals surface area (Å²) < 4.78 is 4.86. The monoisotopic (exact) mass is 180 g/mol. The van der Waals surface area contributed by atoms with E-state index in [0.29, 0.717) is 5.75 Å². The molecule has 3 N–H and O–H groups in total. The Bertz CT molecular complexity index is 130. The van der Waals surface area contributed by atoms with Gasteiger partial charge in [-0.3, -0.25) is 0 Å². The van der Waals surface area contributed by atoms with Gasteiger partial charge in [0.1, 0.15) is 17.6 Å². The van der Waals surface area contributed by atoms with Crippen LogP contribution in [0, 0.1) is 0 Å². The highest BCUT2D eigenvalue weighted by molar-refractivity contribution is 7.99. The van der Waals surface area contributed by atoms with Gasteiger partial charge in [-0.2, -0.15) is 0 Å². The first-order valence-electron chi connectivity index (χ1n) is 3.35. The van der Waals surface area contributed by atoms with Crippen LogP contribution in [-0.2, 0) is 4.74 Å². The van der Waals surface area contributed by atoms with Crippen LogP contribution in [0.15, 0.2) is 0 Å². The molecule has 1 aliphatic rings. The molecule has 1 saturated heterocycles. The highest BCUT2D eigenvalue weighted by Gasteiger charge is 2.36. The number of aliphatic hydroxyl groups is 3. The van der Waals surface area contributed by atoms with Crippen LogP contribution in [0.1, 0.15) is 0 Å². The van der Waals surface area contributed by atoms with E-state index in [4.69, 9.17) is 14.9 Å². The van der Waals surface area contributed by atoms with Crippen molar-refractivity contribution in [3.8, 4) is 0 Å². The minimum Gasteiger partial charge on any atom is -0.389 e. The molecule has 1 unspecified atom stereocenters. The molecular formula is C6H12O4S. The highest BCUT2D eigenvalue weighted by atomic mass is 32.2. The highest BCUT2D eigenvalue weighted by Crippen LogP contribution is 2.26. The van der Waals surface area contributed by atoms with Gasteiger partial charge in [0.25, 0.3) is 0 Å². The zero-order valence-electron chi connectivity index (χ0n) is 6.17. The molecule has 1 heterocycles. The van der Waals surface area contributed by atoms with Crippen LogP contribution in [0.4, 0.5) is 0 Å². The molecule has 1 fully saturated rings. The van der Waals surface area contributed by atoms with Gasteiger partial charge in [-0.1, -0.05) is 0 Å². The summed E-state index contributed by atoms with van der Waals surface area (Å²) in [5.41, 5.74) is -0.423. The topological polar surface area (TPSA) is 69.9 Å². The first-order valence-corrected chi connectivity index (χ1v) is 4.40. The zero-order valence-corrected chi connectivity index (χ0v) is 6.99. The van der Waals surface area contributed by atoms with Gasteiger partial charge in [0, 0.05) is 12.9 Å². The Morgan fingerprint density at radius 1 is 1.27 bits per heavy atom. The molecule has 0 saturated carbocycles. The van der Waals surface area contributed by atoms with Gasteiger partial charge in [0.2, 0.25) is 0 Å². The SMILES string of the molecule is COC1SC[C@@H](O)[C@@H](O)[C@@H]1O. The van der Waals surface area contributed by atoms with Gasteiger partial charge < -0.3 is 20.1 Å². The first kappa shape index (κ1) is 9.28. The number of ether oxygens (including phenoxy) is 1. The standard InChI is InChI=1S/C6H12O4S/c1-10-6-5(9)4(8)3(7)2-11-6/h3-9H,2H2,1H3/t3-,4-,5+,6?/m1/s1. The van der Waals surface area contributed by atoms with Crippen LogP contribution in [-0.4, -0.2) is 51.9 Å². The second-order valence-electron chi connectivity index (χ2n) is 2.49. The van der Waals surface area contributed by atoms with Crippen LogP contribution < -0.4 is 0 Å².